The summed E-state index contributed by atoms with van der Waals surface area (Å²) in [6, 6.07) is 7.27. The molecule has 1 saturated carbocycles. The van der Waals surface area contributed by atoms with Crippen molar-refractivity contribution in [1.82, 2.24) is 10.6 Å². The first-order valence-electron chi connectivity index (χ1n) is 7.38. The molecule has 0 spiro atoms. The molecule has 0 atom stereocenters. The van der Waals surface area contributed by atoms with Gasteiger partial charge in [-0.15, -0.1) is 0 Å². The first-order valence-corrected chi connectivity index (χ1v) is 7.38. The summed E-state index contributed by atoms with van der Waals surface area (Å²) in [6.07, 6.45) is 2.54. The van der Waals surface area contributed by atoms with Gasteiger partial charge in [-0.1, -0.05) is 6.07 Å². The Hall–Kier alpha value is -2.08. The Morgan fingerprint density at radius 3 is 2.95 bits per heavy atom. The summed E-state index contributed by atoms with van der Waals surface area (Å²) in [6.45, 7) is 2.55. The minimum atomic E-state index is -0.0930. The number of nitrogens with one attached hydrogen (secondary N) is 3. The molecule has 1 aromatic carbocycles. The lowest BCUT2D eigenvalue weighted by molar-refractivity contribution is -0.115. The van der Waals surface area contributed by atoms with Crippen molar-refractivity contribution in [2.24, 2.45) is 5.92 Å². The zero-order valence-corrected chi connectivity index (χ0v) is 11.9. The average molecular weight is 288 g/mol. The number of benzene rings is 1. The maximum atomic E-state index is 11.8. The SMILES string of the molecule is O=C(CNCC1CC1)Nc1cccc(N2CCNC2=O)c1. The fourth-order valence-corrected chi connectivity index (χ4v) is 2.39. The quantitative estimate of drug-likeness (QED) is 0.735. The smallest absolute Gasteiger partial charge is 0.321 e. The molecule has 1 saturated heterocycles. The van der Waals surface area contributed by atoms with E-state index in [1.165, 1.54) is 12.8 Å². The van der Waals surface area contributed by atoms with Crippen molar-refractivity contribution in [3.05, 3.63) is 24.3 Å². The maximum Gasteiger partial charge on any atom is 0.321 e. The van der Waals surface area contributed by atoms with Gasteiger partial charge in [0.1, 0.15) is 0 Å². The fourth-order valence-electron chi connectivity index (χ4n) is 2.39. The Morgan fingerprint density at radius 1 is 1.38 bits per heavy atom. The van der Waals surface area contributed by atoms with E-state index in [-0.39, 0.29) is 11.9 Å². The second-order valence-corrected chi connectivity index (χ2v) is 5.56. The van der Waals surface area contributed by atoms with Gasteiger partial charge in [0.25, 0.3) is 0 Å². The minimum Gasteiger partial charge on any atom is -0.336 e. The molecule has 1 aromatic rings. The van der Waals surface area contributed by atoms with E-state index in [9.17, 15) is 9.59 Å². The molecule has 6 heteroatoms. The highest BCUT2D eigenvalue weighted by atomic mass is 16.2. The minimum absolute atomic E-state index is 0.0568. The van der Waals surface area contributed by atoms with E-state index >= 15 is 0 Å². The monoisotopic (exact) mass is 288 g/mol. The van der Waals surface area contributed by atoms with E-state index < -0.39 is 0 Å². The zero-order valence-electron chi connectivity index (χ0n) is 11.9. The Bertz CT molecular complexity index is 542. The Labute approximate surface area is 123 Å². The fraction of sp³-hybridized carbons (Fsp3) is 0.467. The normalized spacial score (nSPS) is 17.7. The van der Waals surface area contributed by atoms with Crippen LogP contribution in [0.25, 0.3) is 0 Å². The van der Waals surface area contributed by atoms with E-state index in [0.29, 0.717) is 25.3 Å². The molecule has 1 heterocycles. The van der Waals surface area contributed by atoms with Gasteiger partial charge in [0.15, 0.2) is 0 Å². The summed E-state index contributed by atoms with van der Waals surface area (Å²) >= 11 is 0. The molecule has 2 fully saturated rings. The van der Waals surface area contributed by atoms with Crippen LogP contribution in [0, 0.1) is 5.92 Å². The standard InChI is InChI=1S/C15H20N4O2/c20-14(10-16-9-11-4-5-11)18-12-2-1-3-13(8-12)19-7-6-17-15(19)21/h1-3,8,11,16H,4-7,9-10H2,(H,17,21)(H,18,20). The summed E-state index contributed by atoms with van der Waals surface area (Å²) in [5, 5.41) is 8.77. The number of amides is 3. The van der Waals surface area contributed by atoms with Crippen molar-refractivity contribution in [2.45, 2.75) is 12.8 Å². The summed E-state index contributed by atoms with van der Waals surface area (Å²) in [5.41, 5.74) is 1.51. The lowest BCUT2D eigenvalue weighted by atomic mass is 10.2. The molecule has 0 bridgehead atoms. The van der Waals surface area contributed by atoms with Gasteiger partial charge < -0.3 is 16.0 Å². The number of anilines is 2. The van der Waals surface area contributed by atoms with Crippen molar-refractivity contribution in [3.8, 4) is 0 Å². The lowest BCUT2D eigenvalue weighted by Gasteiger charge is -2.15. The highest BCUT2D eigenvalue weighted by Crippen LogP contribution is 2.27. The number of carbonyl (C=O) groups is 2. The first-order chi connectivity index (χ1) is 10.2. The molecule has 1 aliphatic heterocycles. The number of hydrogen-bond acceptors (Lipinski definition) is 3. The largest absolute Gasteiger partial charge is 0.336 e. The van der Waals surface area contributed by atoms with Crippen molar-refractivity contribution in [2.75, 3.05) is 36.4 Å². The van der Waals surface area contributed by atoms with Crippen LogP contribution in [0.15, 0.2) is 24.3 Å². The number of nitrogens with zero attached hydrogens (tertiary/aromatic N) is 1. The van der Waals surface area contributed by atoms with Crippen LogP contribution in [0.1, 0.15) is 12.8 Å². The molecule has 2 aliphatic rings. The van der Waals surface area contributed by atoms with E-state index in [1.54, 1.807) is 4.90 Å². The second-order valence-electron chi connectivity index (χ2n) is 5.56. The highest BCUT2D eigenvalue weighted by Gasteiger charge is 2.22. The van der Waals surface area contributed by atoms with Gasteiger partial charge in [0.2, 0.25) is 5.91 Å². The molecular formula is C15H20N4O2. The van der Waals surface area contributed by atoms with Crippen molar-refractivity contribution in [3.63, 3.8) is 0 Å². The summed E-state index contributed by atoms with van der Waals surface area (Å²) in [4.78, 5) is 25.1. The third-order valence-electron chi connectivity index (χ3n) is 3.71. The van der Waals surface area contributed by atoms with Crippen molar-refractivity contribution < 1.29 is 9.59 Å². The van der Waals surface area contributed by atoms with Crippen molar-refractivity contribution in [1.29, 1.82) is 0 Å². The number of carbonyl (C=O) groups excluding carboxylic acids is 2. The third-order valence-corrected chi connectivity index (χ3v) is 3.71. The molecular weight excluding hydrogens is 268 g/mol. The molecule has 6 nitrogen and oxygen atoms in total. The predicted octanol–water partition coefficient (Wildman–Crippen LogP) is 1.15. The van der Waals surface area contributed by atoms with E-state index in [1.807, 2.05) is 24.3 Å². The molecule has 1 aliphatic carbocycles. The Kier molecular flexibility index (Phi) is 4.06. The van der Waals surface area contributed by atoms with Gasteiger partial charge in [0.05, 0.1) is 6.54 Å². The van der Waals surface area contributed by atoms with Crippen LogP contribution in [-0.2, 0) is 4.79 Å². The van der Waals surface area contributed by atoms with E-state index in [2.05, 4.69) is 16.0 Å². The van der Waals surface area contributed by atoms with Gasteiger partial charge in [-0.25, -0.2) is 4.79 Å². The van der Waals surface area contributed by atoms with E-state index in [4.69, 9.17) is 0 Å². The molecule has 112 valence electrons. The van der Waals surface area contributed by atoms with Gasteiger partial charge >= 0.3 is 6.03 Å². The van der Waals surface area contributed by atoms with Crippen LogP contribution in [0.2, 0.25) is 0 Å². The van der Waals surface area contributed by atoms with Gasteiger partial charge in [-0.3, -0.25) is 9.69 Å². The molecule has 3 amide bonds. The van der Waals surface area contributed by atoms with Gasteiger partial charge in [-0.2, -0.15) is 0 Å². The summed E-state index contributed by atoms with van der Waals surface area (Å²) < 4.78 is 0. The Morgan fingerprint density at radius 2 is 2.24 bits per heavy atom. The summed E-state index contributed by atoms with van der Waals surface area (Å²) in [7, 11) is 0. The van der Waals surface area contributed by atoms with Crippen LogP contribution >= 0.6 is 0 Å². The number of rotatable bonds is 6. The molecule has 3 N–H and O–H groups in total. The van der Waals surface area contributed by atoms with Crippen LogP contribution in [-0.4, -0.2) is 38.1 Å². The lowest BCUT2D eigenvalue weighted by Crippen LogP contribution is -2.30. The molecule has 21 heavy (non-hydrogen) atoms. The average Bonchev–Trinajstić information content (AvgIpc) is 3.19. The van der Waals surface area contributed by atoms with Crippen LogP contribution in [0.3, 0.4) is 0 Å². The van der Waals surface area contributed by atoms with Gasteiger partial charge in [-0.05, 0) is 43.5 Å². The van der Waals surface area contributed by atoms with E-state index in [0.717, 1.165) is 18.2 Å². The maximum absolute atomic E-state index is 11.8. The zero-order chi connectivity index (χ0) is 14.7. The highest BCUT2D eigenvalue weighted by molar-refractivity contribution is 5.96. The first kappa shape index (κ1) is 13.9. The summed E-state index contributed by atoms with van der Waals surface area (Å²) in [5.74, 6) is 0.702. The van der Waals surface area contributed by atoms with Crippen molar-refractivity contribution >= 4 is 23.3 Å². The van der Waals surface area contributed by atoms with Crippen LogP contribution in [0.4, 0.5) is 16.2 Å². The number of hydrogen-bond donors (Lipinski definition) is 3. The molecule has 3 rings (SSSR count). The number of urea groups is 1. The molecule has 0 aromatic heterocycles. The third kappa shape index (κ3) is 3.72. The van der Waals surface area contributed by atoms with Crippen LogP contribution < -0.4 is 20.9 Å². The molecule has 0 unspecified atom stereocenters. The van der Waals surface area contributed by atoms with Gasteiger partial charge in [0, 0.05) is 24.5 Å². The second kappa shape index (κ2) is 6.13. The molecule has 0 radical (unpaired) electrons. The Balaban J connectivity index is 1.54. The predicted molar refractivity (Wildman–Crippen MR) is 81.4 cm³/mol. The van der Waals surface area contributed by atoms with Crippen LogP contribution in [0.5, 0.6) is 0 Å². The topological polar surface area (TPSA) is 73.5 Å².